The van der Waals surface area contributed by atoms with Gasteiger partial charge in [-0.3, -0.25) is 0 Å². The van der Waals surface area contributed by atoms with Crippen molar-refractivity contribution >= 4 is 57.6 Å². The molecule has 40 heavy (non-hydrogen) atoms. The lowest BCUT2D eigenvalue weighted by Crippen LogP contribution is -2.62. The number of rotatable bonds is 0. The van der Waals surface area contributed by atoms with Gasteiger partial charge in [-0.15, -0.1) is 0 Å². The molecule has 0 spiro atoms. The Bertz CT molecular complexity index is 1930. The maximum Gasteiger partial charge on any atom is 0.262 e. The minimum absolute atomic E-state index is 0.00950. The van der Waals surface area contributed by atoms with Gasteiger partial charge in [0, 0.05) is 16.8 Å². The van der Waals surface area contributed by atoms with Gasteiger partial charge in [-0.05, 0) is 74.7 Å². The van der Waals surface area contributed by atoms with E-state index in [1.54, 1.807) is 0 Å². The van der Waals surface area contributed by atoms with Crippen molar-refractivity contribution in [2.45, 2.75) is 26.2 Å². The quantitative estimate of drug-likeness (QED) is 0.310. The largest absolute Gasteiger partial charge is 0.458 e. The van der Waals surface area contributed by atoms with Crippen LogP contribution in [0.1, 0.15) is 26.3 Å². The molecule has 5 aromatic rings. The van der Waals surface area contributed by atoms with E-state index < -0.39 is 0 Å². The minimum Gasteiger partial charge on any atom is -0.458 e. The van der Waals surface area contributed by atoms with Crippen molar-refractivity contribution < 1.29 is 14.2 Å². The van der Waals surface area contributed by atoms with E-state index in [1.165, 1.54) is 11.0 Å². The predicted molar refractivity (Wildman–Crippen MR) is 162 cm³/mol. The summed E-state index contributed by atoms with van der Waals surface area (Å²) in [4.78, 5) is 5.09. The molecule has 0 saturated heterocycles. The second-order valence-corrected chi connectivity index (χ2v) is 12.1. The number of hydrogen-bond acceptors (Lipinski definition) is 5. The third kappa shape index (κ3) is 2.92. The highest BCUT2D eigenvalue weighted by Crippen LogP contribution is 2.38. The fourth-order valence-electron chi connectivity index (χ4n) is 6.72. The highest BCUT2D eigenvalue weighted by molar-refractivity contribution is 7.01. The van der Waals surface area contributed by atoms with Crippen LogP contribution in [0.4, 0.5) is 11.4 Å². The maximum atomic E-state index is 6.65. The van der Waals surface area contributed by atoms with Crippen LogP contribution in [0.3, 0.4) is 0 Å². The summed E-state index contributed by atoms with van der Waals surface area (Å²) in [5.41, 5.74) is 10.0. The molecular weight excluding hydrogens is 494 g/mol. The van der Waals surface area contributed by atoms with E-state index >= 15 is 0 Å². The van der Waals surface area contributed by atoms with Crippen molar-refractivity contribution in [1.82, 2.24) is 4.98 Å². The van der Waals surface area contributed by atoms with Gasteiger partial charge in [0.05, 0.1) is 0 Å². The molecule has 0 unspecified atom stereocenters. The molecule has 1 aromatic heterocycles. The first-order chi connectivity index (χ1) is 19.4. The van der Waals surface area contributed by atoms with Gasteiger partial charge in [-0.25, -0.2) is 0 Å². The number of pyridine rings is 1. The third-order valence-corrected chi connectivity index (χ3v) is 8.65. The molecule has 0 fully saturated rings. The SMILES string of the molecule is CC(C)(C)c1cc2c3c(c1)Oc1nc4c(cc1B3c1ccccc1N2)B1c2ccccc2Oc2cccc(c21)O4. The monoisotopic (exact) mass is 518 g/mol. The Kier molecular flexibility index (Phi) is 4.17. The summed E-state index contributed by atoms with van der Waals surface area (Å²) in [7, 11) is 0. The lowest BCUT2D eigenvalue weighted by Gasteiger charge is -2.37. The molecule has 0 amide bonds. The van der Waals surface area contributed by atoms with Crippen LogP contribution >= 0.6 is 0 Å². The van der Waals surface area contributed by atoms with E-state index in [0.717, 1.165) is 61.7 Å². The van der Waals surface area contributed by atoms with E-state index in [0.29, 0.717) is 11.8 Å². The number of nitrogens with zero attached hydrogens (tertiary/aromatic N) is 1. The number of nitrogens with one attached hydrogen (secondary N) is 1. The number of aromatic nitrogens is 1. The topological polar surface area (TPSA) is 52.6 Å². The Balaban J connectivity index is 1.31. The number of fused-ring (bicyclic) bond motifs is 8. The number of ether oxygens (including phenoxy) is 3. The van der Waals surface area contributed by atoms with Gasteiger partial charge < -0.3 is 19.5 Å². The summed E-state index contributed by atoms with van der Waals surface area (Å²) in [6.07, 6.45) is 0. The summed E-state index contributed by atoms with van der Waals surface area (Å²) in [6, 6.07) is 29.5. The highest BCUT2D eigenvalue weighted by Gasteiger charge is 2.45. The van der Waals surface area contributed by atoms with Crippen molar-refractivity contribution in [2.24, 2.45) is 0 Å². The predicted octanol–water partition coefficient (Wildman–Crippen LogP) is 3.79. The molecule has 9 rings (SSSR count). The Hall–Kier alpha value is -4.64. The molecule has 4 aliphatic heterocycles. The van der Waals surface area contributed by atoms with Crippen LogP contribution in [0.2, 0.25) is 0 Å². The van der Waals surface area contributed by atoms with E-state index in [1.807, 2.05) is 30.3 Å². The van der Waals surface area contributed by atoms with Gasteiger partial charge in [0.1, 0.15) is 23.0 Å². The second-order valence-electron chi connectivity index (χ2n) is 12.1. The number of hydrogen-bond donors (Lipinski definition) is 1. The van der Waals surface area contributed by atoms with Gasteiger partial charge in [0.15, 0.2) is 0 Å². The number of para-hydroxylation sites is 2. The standard InChI is InChI=1S/C33H24B2N2O3/c1-33(2,3)18-15-24-29-28(16-18)40-32-21(34(29)19-9-4-6-11-23(19)36-24)17-22-31(37-32)39-27-14-8-13-26-30(27)35(22)20-10-5-7-12-25(20)38-26/h4-17,36H,1-3H3. The van der Waals surface area contributed by atoms with Crippen molar-refractivity contribution in [1.29, 1.82) is 0 Å². The van der Waals surface area contributed by atoms with E-state index in [-0.39, 0.29) is 18.8 Å². The molecule has 0 bridgehead atoms. The maximum absolute atomic E-state index is 6.65. The van der Waals surface area contributed by atoms with Crippen molar-refractivity contribution in [3.63, 3.8) is 0 Å². The molecule has 1 N–H and O–H groups in total. The molecule has 0 aliphatic carbocycles. The first-order valence-electron chi connectivity index (χ1n) is 13.8. The van der Waals surface area contributed by atoms with Gasteiger partial charge in [-0.1, -0.05) is 69.3 Å². The fraction of sp³-hybridized carbons (Fsp3) is 0.121. The molecule has 0 atom stereocenters. The Morgan fingerprint density at radius 1 is 0.575 bits per heavy atom. The Labute approximate surface area is 233 Å². The molecule has 4 aliphatic rings. The van der Waals surface area contributed by atoms with Crippen molar-refractivity contribution in [2.75, 3.05) is 5.32 Å². The lowest BCUT2D eigenvalue weighted by molar-refractivity contribution is 0.427. The van der Waals surface area contributed by atoms with Gasteiger partial charge in [0.2, 0.25) is 11.8 Å². The van der Waals surface area contributed by atoms with E-state index in [2.05, 4.69) is 80.7 Å². The van der Waals surface area contributed by atoms with Crippen molar-refractivity contribution in [3.8, 4) is 34.8 Å². The molecule has 0 radical (unpaired) electrons. The molecule has 4 aromatic carbocycles. The molecular formula is C33H24B2N2O3. The lowest BCUT2D eigenvalue weighted by atomic mass is 9.32. The van der Waals surface area contributed by atoms with Crippen LogP contribution in [0, 0.1) is 0 Å². The van der Waals surface area contributed by atoms with Crippen LogP contribution in [0.25, 0.3) is 0 Å². The summed E-state index contributed by atoms with van der Waals surface area (Å²) in [6.45, 7) is 6.63. The van der Waals surface area contributed by atoms with Crippen molar-refractivity contribution in [3.05, 3.63) is 90.5 Å². The Morgan fingerprint density at radius 3 is 2.02 bits per heavy atom. The Morgan fingerprint density at radius 2 is 1.23 bits per heavy atom. The normalized spacial score (nSPS) is 14.6. The molecule has 5 heterocycles. The number of benzene rings is 4. The molecule has 7 heteroatoms. The molecule has 5 nitrogen and oxygen atoms in total. The fourth-order valence-corrected chi connectivity index (χ4v) is 6.72. The summed E-state index contributed by atoms with van der Waals surface area (Å²) >= 11 is 0. The van der Waals surface area contributed by atoms with E-state index in [9.17, 15) is 0 Å². The molecule has 190 valence electrons. The average molecular weight is 518 g/mol. The first-order valence-corrected chi connectivity index (χ1v) is 13.8. The summed E-state index contributed by atoms with van der Waals surface area (Å²) < 4.78 is 19.4. The van der Waals surface area contributed by atoms with Gasteiger partial charge >= 0.3 is 0 Å². The minimum atomic E-state index is -0.0428. The van der Waals surface area contributed by atoms with Crippen LogP contribution in [-0.4, -0.2) is 18.4 Å². The van der Waals surface area contributed by atoms with Crippen LogP contribution in [0.5, 0.6) is 34.8 Å². The zero-order valence-electron chi connectivity index (χ0n) is 22.4. The summed E-state index contributed by atoms with van der Waals surface area (Å²) in [5.74, 6) is 4.51. The number of anilines is 2. The van der Waals surface area contributed by atoms with E-state index in [4.69, 9.17) is 19.2 Å². The van der Waals surface area contributed by atoms with Crippen LogP contribution < -0.4 is 52.3 Å². The van der Waals surface area contributed by atoms with Crippen LogP contribution in [0.15, 0.2) is 84.9 Å². The average Bonchev–Trinajstić information content (AvgIpc) is 2.95. The second kappa shape index (κ2) is 7.51. The van der Waals surface area contributed by atoms with Gasteiger partial charge in [-0.2, -0.15) is 4.98 Å². The smallest absolute Gasteiger partial charge is 0.262 e. The third-order valence-electron chi connectivity index (χ3n) is 8.65. The first kappa shape index (κ1) is 22.2. The van der Waals surface area contributed by atoms with Gasteiger partial charge in [0.25, 0.3) is 13.4 Å². The highest BCUT2D eigenvalue weighted by atomic mass is 16.5. The zero-order chi connectivity index (χ0) is 26.7. The zero-order valence-corrected chi connectivity index (χ0v) is 22.4. The van der Waals surface area contributed by atoms with Crippen LogP contribution in [-0.2, 0) is 5.41 Å². The molecule has 0 saturated carbocycles. The summed E-state index contributed by atoms with van der Waals surface area (Å²) in [5, 5.41) is 3.71.